The van der Waals surface area contributed by atoms with Crippen molar-refractivity contribution in [2.24, 2.45) is 0 Å². The van der Waals surface area contributed by atoms with E-state index in [2.05, 4.69) is 4.74 Å². The molecule has 0 aliphatic carbocycles. The van der Waals surface area contributed by atoms with Crippen molar-refractivity contribution in [2.75, 3.05) is 6.79 Å². The molecular formula is C28H20O11. The van der Waals surface area contributed by atoms with E-state index in [1.165, 1.54) is 63.2 Å². The predicted molar refractivity (Wildman–Crippen MR) is 129 cm³/mol. The van der Waals surface area contributed by atoms with Gasteiger partial charge in [0.05, 0.1) is 11.1 Å². The Bertz CT molecular complexity index is 1500. The maximum atomic E-state index is 13.1. The van der Waals surface area contributed by atoms with Gasteiger partial charge in [-0.1, -0.05) is 0 Å². The molecule has 2 aliphatic heterocycles. The Labute approximate surface area is 221 Å². The molecule has 0 saturated heterocycles. The van der Waals surface area contributed by atoms with Gasteiger partial charge in [-0.2, -0.15) is 0 Å². The van der Waals surface area contributed by atoms with Crippen LogP contribution in [0.3, 0.4) is 0 Å². The van der Waals surface area contributed by atoms with Crippen LogP contribution in [0.2, 0.25) is 0 Å². The van der Waals surface area contributed by atoms with Gasteiger partial charge in [-0.15, -0.1) is 0 Å². The summed E-state index contributed by atoms with van der Waals surface area (Å²) in [6, 6.07) is 13.4. The molecule has 0 aromatic heterocycles. The lowest BCUT2D eigenvalue weighted by molar-refractivity contribution is -0.149. The molecule has 5 rings (SSSR count). The van der Waals surface area contributed by atoms with Gasteiger partial charge in [0, 0.05) is 49.6 Å². The minimum atomic E-state index is -1.58. The highest BCUT2D eigenvalue weighted by atomic mass is 16.7. The molecule has 39 heavy (non-hydrogen) atoms. The van der Waals surface area contributed by atoms with E-state index in [0.29, 0.717) is 16.7 Å². The van der Waals surface area contributed by atoms with Crippen LogP contribution in [0.5, 0.6) is 23.0 Å². The average molecular weight is 532 g/mol. The largest absolute Gasteiger partial charge is 0.456 e. The number of hydrogen-bond acceptors (Lipinski definition) is 11. The van der Waals surface area contributed by atoms with Crippen LogP contribution >= 0.6 is 0 Å². The lowest BCUT2D eigenvalue weighted by atomic mass is 9.77. The van der Waals surface area contributed by atoms with Crippen molar-refractivity contribution in [3.8, 4) is 23.0 Å². The summed E-state index contributed by atoms with van der Waals surface area (Å²) >= 11 is 0. The summed E-state index contributed by atoms with van der Waals surface area (Å²) in [7, 11) is 0. The van der Waals surface area contributed by atoms with E-state index in [-0.39, 0.29) is 34.1 Å². The first kappa shape index (κ1) is 25.5. The van der Waals surface area contributed by atoms with Gasteiger partial charge >= 0.3 is 29.8 Å². The molecule has 0 saturated carbocycles. The Balaban J connectivity index is 1.68. The predicted octanol–water partition coefficient (Wildman–Crippen LogP) is 3.78. The zero-order valence-corrected chi connectivity index (χ0v) is 20.9. The van der Waals surface area contributed by atoms with Gasteiger partial charge in [-0.25, -0.2) is 9.59 Å². The van der Waals surface area contributed by atoms with E-state index in [0.717, 1.165) is 0 Å². The van der Waals surface area contributed by atoms with Crippen LogP contribution in [-0.2, 0) is 34.2 Å². The number of benzene rings is 3. The second-order valence-corrected chi connectivity index (χ2v) is 8.62. The van der Waals surface area contributed by atoms with Crippen LogP contribution in [0.15, 0.2) is 54.6 Å². The molecule has 3 aromatic rings. The lowest BCUT2D eigenvalue weighted by Crippen LogP contribution is -2.33. The first-order valence-corrected chi connectivity index (χ1v) is 11.6. The minimum Gasteiger partial charge on any atom is -0.456 e. The third-order valence-corrected chi connectivity index (χ3v) is 5.96. The van der Waals surface area contributed by atoms with Crippen molar-refractivity contribution in [3.05, 3.63) is 82.4 Å². The number of fused-ring (bicyclic) bond motifs is 6. The number of carbonyl (C=O) groups is 5. The number of hydrogen-bond donors (Lipinski definition) is 0. The summed E-state index contributed by atoms with van der Waals surface area (Å²) in [4.78, 5) is 59.9. The van der Waals surface area contributed by atoms with Crippen molar-refractivity contribution in [3.63, 3.8) is 0 Å². The smallest absolute Gasteiger partial charge is 0.341 e. The molecule has 0 N–H and O–H groups in total. The highest BCUT2D eigenvalue weighted by Crippen LogP contribution is 2.57. The summed E-state index contributed by atoms with van der Waals surface area (Å²) < 4.78 is 32.2. The van der Waals surface area contributed by atoms with Gasteiger partial charge < -0.3 is 28.4 Å². The molecule has 11 nitrogen and oxygen atoms in total. The molecule has 2 aliphatic rings. The minimum absolute atomic E-state index is 0.0706. The zero-order chi connectivity index (χ0) is 27.9. The molecule has 1 spiro atoms. The highest BCUT2D eigenvalue weighted by molar-refractivity contribution is 5.99. The summed E-state index contributed by atoms with van der Waals surface area (Å²) in [5.74, 6) is -2.40. The molecule has 2 heterocycles. The third kappa shape index (κ3) is 4.54. The van der Waals surface area contributed by atoms with Gasteiger partial charge in [0.1, 0.15) is 23.0 Å². The lowest BCUT2D eigenvalue weighted by Gasteiger charge is -2.36. The molecule has 0 bridgehead atoms. The topological polar surface area (TPSA) is 141 Å². The summed E-state index contributed by atoms with van der Waals surface area (Å²) in [5.41, 5.74) is -0.210. The van der Waals surface area contributed by atoms with Crippen molar-refractivity contribution in [2.45, 2.75) is 26.4 Å². The Morgan fingerprint density at radius 2 is 1.31 bits per heavy atom. The van der Waals surface area contributed by atoms with Gasteiger partial charge in [0.15, 0.2) is 5.60 Å². The first-order chi connectivity index (χ1) is 18.6. The van der Waals surface area contributed by atoms with E-state index in [1.807, 2.05) is 0 Å². The Morgan fingerprint density at radius 1 is 0.718 bits per heavy atom. The second-order valence-electron chi connectivity index (χ2n) is 8.62. The van der Waals surface area contributed by atoms with Gasteiger partial charge in [-0.3, -0.25) is 14.4 Å². The molecule has 198 valence electrons. The van der Waals surface area contributed by atoms with E-state index >= 15 is 0 Å². The zero-order valence-electron chi connectivity index (χ0n) is 20.9. The van der Waals surface area contributed by atoms with Gasteiger partial charge in [0.25, 0.3) is 0 Å². The van der Waals surface area contributed by atoms with Crippen molar-refractivity contribution < 1.29 is 52.4 Å². The number of rotatable bonds is 5. The molecule has 3 aromatic carbocycles. The van der Waals surface area contributed by atoms with E-state index in [9.17, 15) is 24.0 Å². The summed E-state index contributed by atoms with van der Waals surface area (Å²) in [5, 5.41) is 0. The van der Waals surface area contributed by atoms with Crippen molar-refractivity contribution in [1.29, 1.82) is 0 Å². The molecule has 0 atom stereocenters. The molecule has 0 amide bonds. The number of ether oxygens (including phenoxy) is 6. The first-order valence-electron chi connectivity index (χ1n) is 11.6. The summed E-state index contributed by atoms with van der Waals surface area (Å²) in [6.07, 6.45) is 0. The number of carbonyl (C=O) groups excluding carboxylic acids is 5. The SMILES string of the molecule is CC(=O)OCOC(=O)c1ccc2c(c1)C1(OC2=O)c2ccc(OC(C)=O)cc2Oc2cc(OC(C)=O)ccc21. The molecule has 11 heteroatoms. The normalized spacial score (nSPS) is 13.7. The standard InChI is InChI=1S/C28H20O11/c1-14(29)34-13-35-26(32)17-4-7-20-23(10-17)28(39-27(20)33)21-8-5-18(36-15(2)30)11-24(21)38-25-12-19(37-16(3)31)6-9-22(25)28/h4-12H,13H2,1-3H3. The molecular weight excluding hydrogens is 512 g/mol. The number of esters is 5. The fourth-order valence-corrected chi connectivity index (χ4v) is 4.52. The van der Waals surface area contributed by atoms with E-state index in [4.69, 9.17) is 23.7 Å². The van der Waals surface area contributed by atoms with E-state index in [1.54, 1.807) is 12.1 Å². The van der Waals surface area contributed by atoms with Crippen LogP contribution in [0.4, 0.5) is 0 Å². The third-order valence-electron chi connectivity index (χ3n) is 5.96. The fourth-order valence-electron chi connectivity index (χ4n) is 4.52. The molecule has 0 fully saturated rings. The van der Waals surface area contributed by atoms with Gasteiger partial charge in [0.2, 0.25) is 6.79 Å². The fraction of sp³-hybridized carbons (Fsp3) is 0.179. The van der Waals surface area contributed by atoms with Gasteiger partial charge in [-0.05, 0) is 42.5 Å². The maximum absolute atomic E-state index is 13.1. The highest BCUT2D eigenvalue weighted by Gasteiger charge is 2.54. The van der Waals surface area contributed by atoms with Crippen LogP contribution in [0.1, 0.15) is 58.2 Å². The quantitative estimate of drug-likeness (QED) is 0.269. The van der Waals surface area contributed by atoms with Crippen molar-refractivity contribution >= 4 is 29.8 Å². The average Bonchev–Trinajstić information content (AvgIpc) is 3.15. The monoisotopic (exact) mass is 532 g/mol. The summed E-state index contributed by atoms with van der Waals surface area (Å²) in [6.45, 7) is 3.10. The van der Waals surface area contributed by atoms with Crippen LogP contribution < -0.4 is 14.2 Å². The van der Waals surface area contributed by atoms with Crippen LogP contribution in [0, 0.1) is 0 Å². The Kier molecular flexibility index (Phi) is 6.27. The maximum Gasteiger partial charge on any atom is 0.341 e. The van der Waals surface area contributed by atoms with E-state index < -0.39 is 42.2 Å². The molecule has 0 radical (unpaired) electrons. The molecule has 0 unspecified atom stereocenters. The Morgan fingerprint density at radius 3 is 1.85 bits per heavy atom. The second kappa shape index (κ2) is 9.60. The van der Waals surface area contributed by atoms with Crippen LogP contribution in [0.25, 0.3) is 0 Å². The van der Waals surface area contributed by atoms with Crippen molar-refractivity contribution in [1.82, 2.24) is 0 Å². The van der Waals surface area contributed by atoms with Crippen LogP contribution in [-0.4, -0.2) is 36.6 Å². The Hall–Kier alpha value is -5.19.